The number of hydrogen-bond acceptors (Lipinski definition) is 5. The van der Waals surface area contributed by atoms with Gasteiger partial charge in [0.1, 0.15) is 0 Å². The Morgan fingerprint density at radius 2 is 2.18 bits per heavy atom. The summed E-state index contributed by atoms with van der Waals surface area (Å²) >= 11 is 0. The lowest BCUT2D eigenvalue weighted by Crippen LogP contribution is -2.29. The second kappa shape index (κ2) is 7.00. The predicted octanol–water partition coefficient (Wildman–Crippen LogP) is 1.52. The van der Waals surface area contributed by atoms with E-state index in [0.29, 0.717) is 25.5 Å². The average molecular weight is 329 g/mol. The highest BCUT2D eigenvalue weighted by molar-refractivity contribution is 7.91. The molecule has 0 saturated carbocycles. The van der Waals surface area contributed by atoms with E-state index in [1.54, 1.807) is 0 Å². The Bertz CT molecular complexity index is 608. The van der Waals surface area contributed by atoms with Crippen LogP contribution in [-0.4, -0.2) is 42.4 Å². The number of hydrogen-bond donors (Lipinski definition) is 1. The van der Waals surface area contributed by atoms with Gasteiger partial charge in [-0.1, -0.05) is 13.8 Å². The molecule has 2 rings (SSSR count). The Hall–Kier alpha value is -1.08. The molecule has 0 spiro atoms. The minimum absolute atomic E-state index is 0.0346. The van der Waals surface area contributed by atoms with Crippen LogP contribution in [0.3, 0.4) is 0 Å². The van der Waals surface area contributed by atoms with Gasteiger partial charge in [-0.2, -0.15) is 5.10 Å². The Morgan fingerprint density at radius 1 is 1.45 bits per heavy atom. The molecule has 2 heterocycles. The normalized spacial score (nSPS) is 20.7. The van der Waals surface area contributed by atoms with Gasteiger partial charge in [0.15, 0.2) is 9.84 Å². The standard InChI is InChI=1S/C15H27N3O3S/c1-5-21-15-14(12(4)17-18(15)9-11(2)3)8-16-13-6-7-22(19,20)10-13/h11,13,16H,5-10H2,1-4H3/t13-/m1/s1. The molecule has 126 valence electrons. The summed E-state index contributed by atoms with van der Waals surface area (Å²) in [7, 11) is -2.86. The maximum atomic E-state index is 11.5. The lowest BCUT2D eigenvalue weighted by Gasteiger charge is -2.14. The molecule has 0 bridgehead atoms. The van der Waals surface area contributed by atoms with Crippen molar-refractivity contribution in [2.75, 3.05) is 18.1 Å². The summed E-state index contributed by atoms with van der Waals surface area (Å²) in [4.78, 5) is 0. The van der Waals surface area contributed by atoms with Crippen LogP contribution in [0.2, 0.25) is 0 Å². The summed E-state index contributed by atoms with van der Waals surface area (Å²) in [6.07, 6.45) is 0.686. The van der Waals surface area contributed by atoms with Gasteiger partial charge in [0.25, 0.3) is 0 Å². The topological polar surface area (TPSA) is 73.2 Å². The van der Waals surface area contributed by atoms with Crippen molar-refractivity contribution in [2.24, 2.45) is 5.92 Å². The molecule has 1 aliphatic rings. The van der Waals surface area contributed by atoms with E-state index in [-0.39, 0.29) is 17.5 Å². The van der Waals surface area contributed by atoms with E-state index in [2.05, 4.69) is 24.3 Å². The summed E-state index contributed by atoms with van der Waals surface area (Å²) in [6.45, 7) is 10.2. The van der Waals surface area contributed by atoms with Crippen LogP contribution in [0.4, 0.5) is 0 Å². The molecule has 22 heavy (non-hydrogen) atoms. The Morgan fingerprint density at radius 3 is 2.73 bits per heavy atom. The smallest absolute Gasteiger partial charge is 0.216 e. The van der Waals surface area contributed by atoms with Crippen LogP contribution >= 0.6 is 0 Å². The van der Waals surface area contributed by atoms with E-state index in [1.165, 1.54) is 0 Å². The largest absolute Gasteiger partial charge is 0.478 e. The summed E-state index contributed by atoms with van der Waals surface area (Å²) in [5.74, 6) is 1.81. The SMILES string of the molecule is CCOc1c(CN[C@@H]2CCS(=O)(=O)C2)c(C)nn1CC(C)C. The van der Waals surface area contributed by atoms with Crippen molar-refractivity contribution in [2.45, 2.75) is 53.2 Å². The maximum Gasteiger partial charge on any atom is 0.216 e. The molecule has 0 aromatic carbocycles. The molecule has 0 aliphatic carbocycles. The second-order valence-corrected chi connectivity index (χ2v) is 8.59. The van der Waals surface area contributed by atoms with Gasteiger partial charge < -0.3 is 10.1 Å². The first-order chi connectivity index (χ1) is 10.3. The Kier molecular flexibility index (Phi) is 5.50. The number of nitrogens with one attached hydrogen (secondary N) is 1. The first-order valence-corrected chi connectivity index (χ1v) is 9.77. The molecule has 1 atom stereocenters. The zero-order valence-corrected chi connectivity index (χ0v) is 14.7. The van der Waals surface area contributed by atoms with Crippen molar-refractivity contribution in [3.8, 4) is 5.88 Å². The van der Waals surface area contributed by atoms with Crippen molar-refractivity contribution in [3.63, 3.8) is 0 Å². The third-order valence-corrected chi connectivity index (χ3v) is 5.59. The zero-order valence-electron chi connectivity index (χ0n) is 13.9. The first-order valence-electron chi connectivity index (χ1n) is 7.95. The summed E-state index contributed by atoms with van der Waals surface area (Å²) in [5.41, 5.74) is 1.98. The number of aromatic nitrogens is 2. The molecule has 1 aromatic rings. The van der Waals surface area contributed by atoms with E-state index >= 15 is 0 Å². The fourth-order valence-electron chi connectivity index (χ4n) is 2.77. The fourth-order valence-corrected chi connectivity index (χ4v) is 4.48. The van der Waals surface area contributed by atoms with Crippen LogP contribution in [0, 0.1) is 12.8 Å². The number of ether oxygens (including phenoxy) is 1. The van der Waals surface area contributed by atoms with Crippen LogP contribution in [0.15, 0.2) is 0 Å². The van der Waals surface area contributed by atoms with E-state index in [0.717, 1.165) is 23.7 Å². The highest BCUT2D eigenvalue weighted by Crippen LogP contribution is 2.24. The second-order valence-electron chi connectivity index (χ2n) is 6.36. The van der Waals surface area contributed by atoms with Gasteiger partial charge in [-0.3, -0.25) is 0 Å². The van der Waals surface area contributed by atoms with Crippen molar-refractivity contribution in [1.29, 1.82) is 0 Å². The number of rotatable bonds is 7. The van der Waals surface area contributed by atoms with E-state index < -0.39 is 9.84 Å². The molecule has 1 aliphatic heterocycles. The molecule has 7 heteroatoms. The molecular weight excluding hydrogens is 302 g/mol. The Labute approximate surface area is 133 Å². The molecule has 1 aromatic heterocycles. The number of nitrogens with zero attached hydrogens (tertiary/aromatic N) is 2. The predicted molar refractivity (Wildman–Crippen MR) is 86.9 cm³/mol. The quantitative estimate of drug-likeness (QED) is 0.821. The van der Waals surface area contributed by atoms with Crippen LogP contribution in [0.5, 0.6) is 5.88 Å². The number of sulfone groups is 1. The molecule has 6 nitrogen and oxygen atoms in total. The molecule has 1 saturated heterocycles. The van der Waals surface area contributed by atoms with Crippen molar-refractivity contribution in [1.82, 2.24) is 15.1 Å². The molecule has 0 radical (unpaired) electrons. The van der Waals surface area contributed by atoms with Crippen LogP contribution < -0.4 is 10.1 Å². The van der Waals surface area contributed by atoms with E-state index in [4.69, 9.17) is 4.74 Å². The van der Waals surface area contributed by atoms with E-state index in [1.807, 2.05) is 18.5 Å². The Balaban J connectivity index is 2.10. The summed E-state index contributed by atoms with van der Waals surface area (Å²) in [6, 6.07) is 0.0346. The minimum atomic E-state index is -2.86. The number of aryl methyl sites for hydroxylation is 1. The molecular formula is C15H27N3O3S. The molecule has 0 amide bonds. The van der Waals surface area contributed by atoms with Gasteiger partial charge in [0, 0.05) is 19.1 Å². The van der Waals surface area contributed by atoms with Crippen LogP contribution in [0.25, 0.3) is 0 Å². The lowest BCUT2D eigenvalue weighted by molar-refractivity contribution is 0.288. The highest BCUT2D eigenvalue weighted by Gasteiger charge is 2.28. The van der Waals surface area contributed by atoms with Crippen molar-refractivity contribution < 1.29 is 13.2 Å². The van der Waals surface area contributed by atoms with Gasteiger partial charge >= 0.3 is 0 Å². The maximum absolute atomic E-state index is 11.5. The molecule has 1 N–H and O–H groups in total. The van der Waals surface area contributed by atoms with Gasteiger partial charge in [-0.15, -0.1) is 0 Å². The van der Waals surface area contributed by atoms with Crippen LogP contribution in [-0.2, 0) is 22.9 Å². The van der Waals surface area contributed by atoms with Gasteiger partial charge in [0.2, 0.25) is 5.88 Å². The van der Waals surface area contributed by atoms with E-state index in [9.17, 15) is 8.42 Å². The molecule has 0 unspecified atom stereocenters. The minimum Gasteiger partial charge on any atom is -0.478 e. The highest BCUT2D eigenvalue weighted by atomic mass is 32.2. The van der Waals surface area contributed by atoms with Gasteiger partial charge in [-0.05, 0) is 26.2 Å². The summed E-state index contributed by atoms with van der Waals surface area (Å²) in [5, 5.41) is 7.92. The van der Waals surface area contributed by atoms with Crippen molar-refractivity contribution in [3.05, 3.63) is 11.3 Å². The average Bonchev–Trinajstić information content (AvgIpc) is 2.88. The third kappa shape index (κ3) is 4.23. The monoisotopic (exact) mass is 329 g/mol. The molecule has 1 fully saturated rings. The fraction of sp³-hybridized carbons (Fsp3) is 0.800. The van der Waals surface area contributed by atoms with Gasteiger partial charge in [0.05, 0.1) is 29.4 Å². The third-order valence-electron chi connectivity index (χ3n) is 3.82. The van der Waals surface area contributed by atoms with Crippen molar-refractivity contribution >= 4 is 9.84 Å². The lowest BCUT2D eigenvalue weighted by atomic mass is 10.2. The van der Waals surface area contributed by atoms with Gasteiger partial charge in [-0.25, -0.2) is 13.1 Å². The first kappa shape index (κ1) is 17.3. The zero-order chi connectivity index (χ0) is 16.3. The van der Waals surface area contributed by atoms with Crippen LogP contribution in [0.1, 0.15) is 38.4 Å². The summed E-state index contributed by atoms with van der Waals surface area (Å²) < 4.78 is 30.8.